The van der Waals surface area contributed by atoms with Crippen LogP contribution in [0.15, 0.2) is 66.3 Å². The van der Waals surface area contributed by atoms with Crippen LogP contribution in [0.3, 0.4) is 0 Å². The Labute approximate surface area is 190 Å². The molecule has 0 bridgehead atoms. The quantitative estimate of drug-likeness (QED) is 0.340. The van der Waals surface area contributed by atoms with E-state index in [9.17, 15) is 4.79 Å². The van der Waals surface area contributed by atoms with Gasteiger partial charge >= 0.3 is 0 Å². The number of benzene rings is 2. The number of aromatic nitrogens is 3. The number of amides is 1. The van der Waals surface area contributed by atoms with Gasteiger partial charge in [0.2, 0.25) is 5.91 Å². The molecule has 0 saturated heterocycles. The van der Waals surface area contributed by atoms with Gasteiger partial charge in [0.05, 0.1) is 18.6 Å². The van der Waals surface area contributed by atoms with Crippen molar-refractivity contribution >= 4 is 35.0 Å². The molecule has 0 fully saturated rings. The van der Waals surface area contributed by atoms with Gasteiger partial charge in [0.1, 0.15) is 11.5 Å². The number of ether oxygens (including phenoxy) is 2. The van der Waals surface area contributed by atoms with Gasteiger partial charge in [-0.15, -0.1) is 16.8 Å². The summed E-state index contributed by atoms with van der Waals surface area (Å²) < 4.78 is 13.1. The minimum atomic E-state index is -0.373. The second-order valence-electron chi connectivity index (χ2n) is 6.49. The molecule has 3 aromatic rings. The van der Waals surface area contributed by atoms with Crippen LogP contribution in [0, 0.1) is 0 Å². The van der Waals surface area contributed by atoms with Crippen LogP contribution in [0.4, 0.5) is 5.69 Å². The van der Waals surface area contributed by atoms with Crippen LogP contribution in [-0.4, -0.2) is 33.5 Å². The number of thioether (sulfide) groups is 1. The van der Waals surface area contributed by atoms with E-state index < -0.39 is 0 Å². The van der Waals surface area contributed by atoms with Crippen LogP contribution in [-0.2, 0) is 11.3 Å². The molecule has 0 aliphatic carbocycles. The maximum Gasteiger partial charge on any atom is 0.234 e. The molecule has 1 heterocycles. The van der Waals surface area contributed by atoms with E-state index >= 15 is 0 Å². The zero-order chi connectivity index (χ0) is 22.2. The normalized spacial score (nSPS) is 11.6. The number of hydrogen-bond donors (Lipinski definition) is 1. The third-order valence-electron chi connectivity index (χ3n) is 4.24. The van der Waals surface area contributed by atoms with Gasteiger partial charge in [-0.3, -0.25) is 9.36 Å². The van der Waals surface area contributed by atoms with Crippen molar-refractivity contribution in [2.24, 2.45) is 0 Å². The smallest absolute Gasteiger partial charge is 0.234 e. The van der Waals surface area contributed by atoms with Crippen LogP contribution in [0.2, 0.25) is 5.02 Å². The van der Waals surface area contributed by atoms with Gasteiger partial charge in [0, 0.05) is 11.6 Å². The Kier molecular flexibility index (Phi) is 7.97. The van der Waals surface area contributed by atoms with Gasteiger partial charge in [-0.1, -0.05) is 47.6 Å². The highest BCUT2D eigenvalue weighted by atomic mass is 35.5. The Bertz CT molecular complexity index is 1060. The first-order chi connectivity index (χ1) is 15.0. The number of halogens is 1. The Morgan fingerprint density at radius 2 is 2.10 bits per heavy atom. The van der Waals surface area contributed by atoms with Gasteiger partial charge in [0.25, 0.3) is 0 Å². The first kappa shape index (κ1) is 22.7. The number of carbonyl (C=O) groups excluding carboxylic acids is 1. The summed E-state index contributed by atoms with van der Waals surface area (Å²) in [6, 6.07) is 14.4. The summed E-state index contributed by atoms with van der Waals surface area (Å²) in [6.45, 7) is 6.18. The third kappa shape index (κ3) is 6.02. The number of para-hydroxylation sites is 2. The topological polar surface area (TPSA) is 78.3 Å². The maximum atomic E-state index is 12.4. The third-order valence-corrected chi connectivity index (χ3v) is 5.44. The Morgan fingerprint density at radius 1 is 1.29 bits per heavy atom. The first-order valence-corrected chi connectivity index (χ1v) is 10.9. The molecule has 1 aromatic heterocycles. The average Bonchev–Trinajstić information content (AvgIpc) is 3.16. The Hall–Kier alpha value is -2.97. The fraction of sp³-hybridized carbons (Fsp3) is 0.227. The molecule has 0 aliphatic heterocycles. The van der Waals surface area contributed by atoms with Crippen LogP contribution in [0.1, 0.15) is 18.9 Å². The summed E-state index contributed by atoms with van der Waals surface area (Å²) in [4.78, 5) is 12.4. The Morgan fingerprint density at radius 3 is 2.84 bits per heavy atom. The first-order valence-electron chi connectivity index (χ1n) is 9.53. The summed E-state index contributed by atoms with van der Waals surface area (Å²) in [6.07, 6.45) is 1.38. The second-order valence-corrected chi connectivity index (χ2v) is 7.87. The SMILES string of the molecule is C=CCn1c(SCC(=O)Nc2ccccc2OC)nnc1C(C)Oc1cccc(Cl)c1. The molecule has 9 heteroatoms. The van der Waals surface area contributed by atoms with Gasteiger partial charge in [0.15, 0.2) is 17.1 Å². The van der Waals surface area contributed by atoms with Crippen molar-refractivity contribution in [2.45, 2.75) is 24.7 Å². The molecule has 1 atom stereocenters. The van der Waals surface area contributed by atoms with Crippen LogP contribution >= 0.6 is 23.4 Å². The van der Waals surface area contributed by atoms with E-state index in [2.05, 4.69) is 22.1 Å². The van der Waals surface area contributed by atoms with Crippen molar-refractivity contribution in [2.75, 3.05) is 18.2 Å². The number of hydrogen-bond acceptors (Lipinski definition) is 6. The van der Waals surface area contributed by atoms with Gasteiger partial charge < -0.3 is 14.8 Å². The molecule has 7 nitrogen and oxygen atoms in total. The number of anilines is 1. The molecule has 31 heavy (non-hydrogen) atoms. The summed E-state index contributed by atoms with van der Waals surface area (Å²) in [5, 5.41) is 12.6. The lowest BCUT2D eigenvalue weighted by molar-refractivity contribution is -0.113. The molecule has 0 radical (unpaired) electrons. The number of carbonyl (C=O) groups is 1. The predicted octanol–water partition coefficient (Wildman–Crippen LogP) is 5.00. The standard InChI is InChI=1S/C22H23ClN4O3S/c1-4-12-27-21(15(2)30-17-9-7-8-16(23)13-17)25-26-22(27)31-14-20(28)24-18-10-5-6-11-19(18)29-3/h4-11,13,15H,1,12,14H2,2-3H3,(H,24,28). The molecule has 0 saturated carbocycles. The van der Waals surface area contributed by atoms with Crippen molar-refractivity contribution in [3.63, 3.8) is 0 Å². The molecule has 1 unspecified atom stereocenters. The lowest BCUT2D eigenvalue weighted by Gasteiger charge is -2.16. The number of methoxy groups -OCH3 is 1. The lowest BCUT2D eigenvalue weighted by Crippen LogP contribution is -2.16. The number of allylic oxidation sites excluding steroid dienone is 1. The molecule has 1 N–H and O–H groups in total. The van der Waals surface area contributed by atoms with Crippen LogP contribution in [0.5, 0.6) is 11.5 Å². The van der Waals surface area contributed by atoms with E-state index in [1.807, 2.05) is 35.8 Å². The summed E-state index contributed by atoms with van der Waals surface area (Å²) in [5.41, 5.74) is 0.618. The minimum absolute atomic E-state index is 0.164. The van der Waals surface area contributed by atoms with E-state index in [4.69, 9.17) is 21.1 Å². The highest BCUT2D eigenvalue weighted by molar-refractivity contribution is 7.99. The zero-order valence-electron chi connectivity index (χ0n) is 17.2. The van der Waals surface area contributed by atoms with E-state index in [0.717, 1.165) is 0 Å². The molecule has 0 spiro atoms. The minimum Gasteiger partial charge on any atom is -0.495 e. The fourth-order valence-corrected chi connectivity index (χ4v) is 3.80. The van der Waals surface area contributed by atoms with Crippen molar-refractivity contribution in [3.05, 3.63) is 72.0 Å². The molecular formula is C22H23ClN4O3S. The monoisotopic (exact) mass is 458 g/mol. The van der Waals surface area contributed by atoms with E-state index in [1.165, 1.54) is 11.8 Å². The number of nitrogens with one attached hydrogen (secondary N) is 1. The van der Waals surface area contributed by atoms with E-state index in [0.29, 0.717) is 39.7 Å². The molecule has 162 valence electrons. The van der Waals surface area contributed by atoms with Crippen molar-refractivity contribution in [3.8, 4) is 11.5 Å². The van der Waals surface area contributed by atoms with E-state index in [1.54, 1.807) is 37.5 Å². The predicted molar refractivity (Wildman–Crippen MR) is 123 cm³/mol. The summed E-state index contributed by atoms with van der Waals surface area (Å²) >= 11 is 7.32. The number of rotatable bonds is 10. The van der Waals surface area contributed by atoms with Crippen molar-refractivity contribution in [1.82, 2.24) is 14.8 Å². The maximum absolute atomic E-state index is 12.4. The molecule has 3 rings (SSSR count). The zero-order valence-corrected chi connectivity index (χ0v) is 18.8. The van der Waals surface area contributed by atoms with Gasteiger partial charge in [-0.25, -0.2) is 0 Å². The van der Waals surface area contributed by atoms with Crippen LogP contribution < -0.4 is 14.8 Å². The van der Waals surface area contributed by atoms with E-state index in [-0.39, 0.29) is 17.8 Å². The average molecular weight is 459 g/mol. The van der Waals surface area contributed by atoms with Gasteiger partial charge in [-0.2, -0.15) is 0 Å². The summed E-state index contributed by atoms with van der Waals surface area (Å²) in [7, 11) is 1.56. The molecular weight excluding hydrogens is 436 g/mol. The fourth-order valence-electron chi connectivity index (χ4n) is 2.87. The van der Waals surface area contributed by atoms with Crippen molar-refractivity contribution < 1.29 is 14.3 Å². The lowest BCUT2D eigenvalue weighted by atomic mass is 10.3. The molecule has 2 aromatic carbocycles. The highest BCUT2D eigenvalue weighted by Crippen LogP contribution is 2.27. The Balaban J connectivity index is 1.68. The largest absolute Gasteiger partial charge is 0.495 e. The second kappa shape index (κ2) is 10.9. The highest BCUT2D eigenvalue weighted by Gasteiger charge is 2.20. The molecule has 0 aliphatic rings. The van der Waals surface area contributed by atoms with Crippen molar-refractivity contribution in [1.29, 1.82) is 0 Å². The van der Waals surface area contributed by atoms with Gasteiger partial charge in [-0.05, 0) is 37.3 Å². The molecule has 1 amide bonds. The summed E-state index contributed by atoms with van der Waals surface area (Å²) in [5.74, 6) is 1.86. The van der Waals surface area contributed by atoms with Crippen LogP contribution in [0.25, 0.3) is 0 Å². The number of nitrogens with zero attached hydrogens (tertiary/aromatic N) is 3.